The summed E-state index contributed by atoms with van der Waals surface area (Å²) in [6.45, 7) is 7.88. The maximum atomic E-state index is 12.4. The lowest BCUT2D eigenvalue weighted by Crippen LogP contribution is -2.28. The van der Waals surface area contributed by atoms with E-state index in [1.807, 2.05) is 31.4 Å². The van der Waals surface area contributed by atoms with Crippen molar-refractivity contribution >= 4 is 34.0 Å². The van der Waals surface area contributed by atoms with Gasteiger partial charge < -0.3 is 5.73 Å². The molecule has 0 saturated carbocycles. The van der Waals surface area contributed by atoms with Gasteiger partial charge in [-0.1, -0.05) is 18.3 Å². The van der Waals surface area contributed by atoms with E-state index >= 15 is 0 Å². The van der Waals surface area contributed by atoms with Crippen LogP contribution in [-0.2, 0) is 12.0 Å². The fourth-order valence-electron chi connectivity index (χ4n) is 2.64. The second-order valence-electron chi connectivity index (χ2n) is 5.98. The zero-order valence-corrected chi connectivity index (χ0v) is 15.2. The van der Waals surface area contributed by atoms with Crippen LogP contribution in [0.25, 0.3) is 0 Å². The number of amidine groups is 1. The van der Waals surface area contributed by atoms with Crippen LogP contribution < -0.4 is 5.73 Å². The van der Waals surface area contributed by atoms with Crippen molar-refractivity contribution in [3.8, 4) is 0 Å². The highest BCUT2D eigenvalue weighted by Crippen LogP contribution is 2.39. The van der Waals surface area contributed by atoms with Gasteiger partial charge in [-0.15, -0.1) is 11.3 Å². The Kier molecular flexibility index (Phi) is 4.56. The Morgan fingerprint density at radius 2 is 2.29 bits per heavy atom. The number of rotatable bonds is 4. The van der Waals surface area contributed by atoms with Gasteiger partial charge in [0.1, 0.15) is 5.54 Å². The number of ketones is 1. The van der Waals surface area contributed by atoms with E-state index in [1.165, 1.54) is 23.1 Å². The molecule has 0 bridgehead atoms. The number of pyridine rings is 1. The van der Waals surface area contributed by atoms with Crippen LogP contribution >= 0.6 is 23.1 Å². The maximum absolute atomic E-state index is 12.4. The Bertz CT molecular complexity index is 843. The maximum Gasteiger partial charge on any atom is 0.195 e. The van der Waals surface area contributed by atoms with Gasteiger partial charge >= 0.3 is 0 Å². The number of aryl methyl sites for hydroxylation is 1. The normalized spacial score (nSPS) is 20.8. The molecule has 3 rings (SSSR count). The zero-order valence-electron chi connectivity index (χ0n) is 13.6. The quantitative estimate of drug-likeness (QED) is 0.847. The molecule has 7 heteroatoms. The lowest BCUT2D eigenvalue weighted by atomic mass is 9.92. The number of Topliss-reactive ketones (excluding diaryl/α,β-unsaturated/α-hetero) is 1. The van der Waals surface area contributed by atoms with Gasteiger partial charge in [-0.2, -0.15) is 0 Å². The lowest BCUT2D eigenvalue weighted by Gasteiger charge is -2.30. The molecule has 3 heterocycles. The average Bonchev–Trinajstić information content (AvgIpc) is 2.93. The molecule has 2 N–H and O–H groups in total. The van der Waals surface area contributed by atoms with Crippen molar-refractivity contribution in [2.75, 3.05) is 0 Å². The summed E-state index contributed by atoms with van der Waals surface area (Å²) < 4.78 is 0. The summed E-state index contributed by atoms with van der Waals surface area (Å²) in [5.41, 5.74) is 7.93. The van der Waals surface area contributed by atoms with E-state index in [9.17, 15) is 4.79 Å². The van der Waals surface area contributed by atoms with E-state index in [2.05, 4.69) is 21.5 Å². The molecule has 0 radical (unpaired) electrons. The molecule has 0 saturated heterocycles. The highest BCUT2D eigenvalue weighted by atomic mass is 32.2. The summed E-state index contributed by atoms with van der Waals surface area (Å²) in [7, 11) is 0. The summed E-state index contributed by atoms with van der Waals surface area (Å²) in [5, 5.41) is 2.92. The fraction of sp³-hybridized carbons (Fsp3) is 0.294. The molecule has 1 aliphatic heterocycles. The predicted molar refractivity (Wildman–Crippen MR) is 99.4 cm³/mol. The molecule has 0 aromatic carbocycles. The van der Waals surface area contributed by atoms with Crippen LogP contribution in [0.5, 0.6) is 0 Å². The Morgan fingerprint density at radius 3 is 2.96 bits per heavy atom. The van der Waals surface area contributed by atoms with Gasteiger partial charge in [0.15, 0.2) is 16.0 Å². The first-order valence-corrected chi connectivity index (χ1v) is 9.17. The topological polar surface area (TPSA) is 81.2 Å². The molecule has 1 atom stereocenters. The number of aromatic nitrogens is 2. The Morgan fingerprint density at radius 1 is 1.50 bits per heavy atom. The molecule has 0 fully saturated rings. The minimum atomic E-state index is -0.538. The van der Waals surface area contributed by atoms with Crippen molar-refractivity contribution < 1.29 is 4.79 Å². The van der Waals surface area contributed by atoms with Crippen molar-refractivity contribution in [2.24, 2.45) is 10.7 Å². The number of hydrogen-bond donors (Lipinski definition) is 1. The first kappa shape index (κ1) is 16.9. The van der Waals surface area contributed by atoms with Crippen LogP contribution in [0.15, 0.2) is 40.2 Å². The number of thiazole rings is 1. The van der Waals surface area contributed by atoms with Crippen LogP contribution in [0.2, 0.25) is 0 Å². The molecule has 24 heavy (non-hydrogen) atoms. The molecule has 2 aromatic rings. The van der Waals surface area contributed by atoms with E-state index in [4.69, 9.17) is 5.73 Å². The van der Waals surface area contributed by atoms with Crippen molar-refractivity contribution in [1.29, 1.82) is 0 Å². The number of carbonyl (C=O) groups is 1. The highest BCUT2D eigenvalue weighted by molar-refractivity contribution is 8.17. The minimum absolute atomic E-state index is 0.0158. The van der Waals surface area contributed by atoms with Gasteiger partial charge in [0.2, 0.25) is 0 Å². The standard InChI is InChI=1S/C17H18N4OS2/c1-10-9-23-15(20-10)13(22)6-12-4-5-19-14(7-12)17(3)8-11(2)24-16(18)21-17/h4-5,7,9H,2,6,8H2,1,3H3,(H2,18,21)/t17-/m0/s1. The van der Waals surface area contributed by atoms with Crippen molar-refractivity contribution in [1.82, 2.24) is 9.97 Å². The zero-order chi connectivity index (χ0) is 17.3. The predicted octanol–water partition coefficient (Wildman–Crippen LogP) is 3.45. The van der Waals surface area contributed by atoms with Gasteiger partial charge in [0.05, 0.1) is 5.69 Å². The minimum Gasteiger partial charge on any atom is -0.378 e. The largest absolute Gasteiger partial charge is 0.378 e. The van der Waals surface area contributed by atoms with Crippen LogP contribution in [0.4, 0.5) is 0 Å². The number of hydrogen-bond acceptors (Lipinski definition) is 7. The first-order chi connectivity index (χ1) is 11.4. The number of nitrogens with zero attached hydrogens (tertiary/aromatic N) is 3. The smallest absolute Gasteiger partial charge is 0.195 e. The Hall–Kier alpha value is -1.99. The van der Waals surface area contributed by atoms with Gasteiger partial charge in [0.25, 0.3) is 0 Å². The molecule has 124 valence electrons. The van der Waals surface area contributed by atoms with Crippen molar-refractivity contribution in [3.05, 3.63) is 57.2 Å². The van der Waals surface area contributed by atoms with Crippen molar-refractivity contribution in [2.45, 2.75) is 32.2 Å². The van der Waals surface area contributed by atoms with Crippen molar-refractivity contribution in [3.63, 3.8) is 0 Å². The molecular weight excluding hydrogens is 340 g/mol. The van der Waals surface area contributed by atoms with E-state index in [-0.39, 0.29) is 5.78 Å². The van der Waals surface area contributed by atoms with E-state index in [0.29, 0.717) is 23.0 Å². The molecule has 2 aromatic heterocycles. The third-order valence-electron chi connectivity index (χ3n) is 3.75. The number of aliphatic imine (C=N–C) groups is 1. The van der Waals surface area contributed by atoms with Crippen LogP contribution in [0.3, 0.4) is 0 Å². The second kappa shape index (κ2) is 6.49. The summed E-state index contributed by atoms with van der Waals surface area (Å²) in [6, 6.07) is 3.78. The van der Waals surface area contributed by atoms with E-state index < -0.39 is 5.54 Å². The molecule has 1 aliphatic rings. The van der Waals surface area contributed by atoms with Gasteiger partial charge in [-0.05, 0) is 36.4 Å². The molecule has 0 amide bonds. The molecular formula is C17H18N4OS2. The third-order valence-corrected chi connectivity index (χ3v) is 5.48. The van der Waals surface area contributed by atoms with Gasteiger partial charge in [-0.25, -0.2) is 9.98 Å². The SMILES string of the molecule is C=C1C[C@@](C)(c2cc(CC(=O)c3nc(C)cs3)ccn2)N=C(N)S1. The summed E-state index contributed by atoms with van der Waals surface area (Å²) in [5.74, 6) is 0.0158. The number of nitrogens with two attached hydrogens (primary N) is 1. The fourth-order valence-corrected chi connectivity index (χ4v) is 4.27. The summed E-state index contributed by atoms with van der Waals surface area (Å²) in [6.07, 6.45) is 2.69. The molecule has 0 spiro atoms. The Labute approximate surface area is 149 Å². The molecule has 0 unspecified atom stereocenters. The van der Waals surface area contributed by atoms with E-state index in [0.717, 1.165) is 21.9 Å². The van der Waals surface area contributed by atoms with Gasteiger partial charge in [0, 0.05) is 30.1 Å². The lowest BCUT2D eigenvalue weighted by molar-refractivity contribution is 0.0992. The van der Waals surface area contributed by atoms with Crippen LogP contribution in [0, 0.1) is 6.92 Å². The average molecular weight is 358 g/mol. The monoisotopic (exact) mass is 358 g/mol. The number of carbonyl (C=O) groups excluding carboxylic acids is 1. The molecule has 0 aliphatic carbocycles. The van der Waals surface area contributed by atoms with Crippen LogP contribution in [0.1, 0.15) is 40.1 Å². The second-order valence-corrected chi connectivity index (χ2v) is 8.04. The molecule has 5 nitrogen and oxygen atoms in total. The van der Waals surface area contributed by atoms with Gasteiger partial charge in [-0.3, -0.25) is 9.78 Å². The van der Waals surface area contributed by atoms with E-state index in [1.54, 1.807) is 6.20 Å². The summed E-state index contributed by atoms with van der Waals surface area (Å²) >= 11 is 2.78. The third kappa shape index (κ3) is 3.57. The summed E-state index contributed by atoms with van der Waals surface area (Å²) in [4.78, 5) is 26.6. The Balaban J connectivity index is 1.85. The van der Waals surface area contributed by atoms with Crippen LogP contribution in [-0.4, -0.2) is 20.9 Å². The number of thioether (sulfide) groups is 1. The highest BCUT2D eigenvalue weighted by Gasteiger charge is 2.32. The first-order valence-electron chi connectivity index (χ1n) is 7.47.